The molecule has 0 atom stereocenters. The Bertz CT molecular complexity index is 2000. The molecule has 0 spiro atoms. The van der Waals surface area contributed by atoms with Crippen LogP contribution in [0.25, 0.3) is 21.8 Å². The maximum atomic E-state index is 11.7. The minimum Gasteiger partial charge on any atom is -0.465 e. The van der Waals surface area contributed by atoms with Crippen molar-refractivity contribution in [1.29, 1.82) is 0 Å². The number of fused-ring (bicyclic) bond motifs is 2. The van der Waals surface area contributed by atoms with E-state index >= 15 is 0 Å². The number of anilines is 1. The molecule has 4 aromatic carbocycles. The fourth-order valence-electron chi connectivity index (χ4n) is 4.99. The average Bonchev–Trinajstić information content (AvgIpc) is 3.63. The van der Waals surface area contributed by atoms with E-state index in [1.165, 1.54) is 20.3 Å². The monoisotopic (exact) mass is 654 g/mol. The molecule has 11 heteroatoms. The number of hydrogen-bond acceptors (Lipinski definition) is 7. The van der Waals surface area contributed by atoms with Gasteiger partial charge in [0, 0.05) is 73.8 Å². The van der Waals surface area contributed by atoms with Crippen LogP contribution in [0.5, 0.6) is 0 Å². The van der Waals surface area contributed by atoms with Crippen molar-refractivity contribution in [3.8, 4) is 0 Å². The number of rotatable bonds is 7. The van der Waals surface area contributed by atoms with Gasteiger partial charge in [-0.1, -0.05) is 36.4 Å². The van der Waals surface area contributed by atoms with Gasteiger partial charge in [0.1, 0.15) is 0 Å². The second-order valence-corrected chi connectivity index (χ2v) is 10.1. The van der Waals surface area contributed by atoms with Crippen molar-refractivity contribution in [1.82, 2.24) is 9.13 Å². The van der Waals surface area contributed by atoms with Crippen LogP contribution in [0.2, 0.25) is 0 Å². The summed E-state index contributed by atoms with van der Waals surface area (Å²) in [6.45, 7) is 1.19. The average molecular weight is 656 g/mol. The van der Waals surface area contributed by atoms with E-state index in [-0.39, 0.29) is 31.1 Å². The molecule has 0 amide bonds. The Morgan fingerprint density at radius 2 is 1.20 bits per heavy atom. The summed E-state index contributed by atoms with van der Waals surface area (Å²) in [5, 5.41) is 12.9. The van der Waals surface area contributed by atoms with E-state index in [1.54, 1.807) is 30.3 Å². The number of nitrogens with two attached hydrogens (primary N) is 1. The van der Waals surface area contributed by atoms with Crippen LogP contribution in [0, 0.1) is 10.1 Å². The Balaban J connectivity index is 0.000000201. The van der Waals surface area contributed by atoms with Crippen LogP contribution in [0.4, 0.5) is 11.4 Å². The summed E-state index contributed by atoms with van der Waals surface area (Å²) in [7, 11) is 2.73. The van der Waals surface area contributed by atoms with Gasteiger partial charge in [-0.15, -0.1) is 0 Å². The summed E-state index contributed by atoms with van der Waals surface area (Å²) in [4.78, 5) is 33.8. The molecule has 2 N–H and O–H groups in total. The first-order valence-electron chi connectivity index (χ1n) is 13.7. The van der Waals surface area contributed by atoms with Gasteiger partial charge < -0.3 is 24.3 Å². The van der Waals surface area contributed by atoms with Crippen molar-refractivity contribution in [3.63, 3.8) is 0 Å². The molecule has 0 aliphatic carbocycles. The smallest absolute Gasteiger partial charge is 0.337 e. The molecule has 224 valence electrons. The van der Waals surface area contributed by atoms with Crippen molar-refractivity contribution in [3.05, 3.63) is 142 Å². The molecule has 45 heavy (non-hydrogen) atoms. The first-order chi connectivity index (χ1) is 21.2. The minimum absolute atomic E-state index is 0. The van der Waals surface area contributed by atoms with Crippen molar-refractivity contribution in [2.24, 2.45) is 0 Å². The third-order valence-corrected chi connectivity index (χ3v) is 7.17. The number of ether oxygens (including phenoxy) is 2. The predicted octanol–water partition coefficient (Wildman–Crippen LogP) is 6.44. The molecule has 10 nitrogen and oxygen atoms in total. The second kappa shape index (κ2) is 14.5. The quantitative estimate of drug-likeness (QED) is 0.0688. The Labute approximate surface area is 271 Å². The van der Waals surface area contributed by atoms with E-state index in [9.17, 15) is 19.7 Å². The van der Waals surface area contributed by atoms with E-state index < -0.39 is 10.9 Å². The number of nitrogen functional groups attached to an aromatic ring is 1. The minimum atomic E-state index is -0.410. The van der Waals surface area contributed by atoms with Crippen molar-refractivity contribution < 1.29 is 43.5 Å². The van der Waals surface area contributed by atoms with Gasteiger partial charge in [0.05, 0.1) is 30.3 Å². The molecule has 0 radical (unpaired) electrons. The van der Waals surface area contributed by atoms with E-state index in [1.807, 2.05) is 77.6 Å². The maximum absolute atomic E-state index is 11.7. The maximum Gasteiger partial charge on any atom is 0.337 e. The third kappa shape index (κ3) is 7.63. The summed E-state index contributed by atoms with van der Waals surface area (Å²) >= 11 is 0. The first-order valence-corrected chi connectivity index (χ1v) is 13.7. The first kappa shape index (κ1) is 32.6. The molecule has 2 aromatic heterocycles. The topological polar surface area (TPSA) is 132 Å². The molecule has 0 fully saturated rings. The number of carbonyl (C=O) groups excluding carboxylic acids is 2. The van der Waals surface area contributed by atoms with Crippen LogP contribution in [-0.4, -0.2) is 40.2 Å². The standard InChI is InChI=1S/C17H14N2O4.C17H16N2O2.Zn/c1-23-17(20)14-6-5-13-7-8-18(16(13)10-14)11-12-3-2-4-15(9-12)19(21)22;1-21-17(20)14-6-5-13-7-8-19(16(13)10-14)11-12-3-2-4-15(18)9-12;/h2-10H,11H2,1H3;2-10H,11,18H2,1H3;. The molecule has 0 saturated heterocycles. The summed E-state index contributed by atoms with van der Waals surface area (Å²) in [6.07, 6.45) is 3.90. The fourth-order valence-corrected chi connectivity index (χ4v) is 4.99. The molecule has 2 heterocycles. The summed E-state index contributed by atoms with van der Waals surface area (Å²) in [5.74, 6) is -0.719. The van der Waals surface area contributed by atoms with Crippen molar-refractivity contribution >= 4 is 45.1 Å². The number of nitro groups is 1. The van der Waals surface area contributed by atoms with E-state index in [0.29, 0.717) is 24.2 Å². The predicted molar refractivity (Wildman–Crippen MR) is 169 cm³/mol. The summed E-state index contributed by atoms with van der Waals surface area (Å²) in [6, 6.07) is 29.2. The third-order valence-electron chi connectivity index (χ3n) is 7.17. The zero-order valence-corrected chi connectivity index (χ0v) is 27.8. The zero-order chi connectivity index (χ0) is 31.2. The number of methoxy groups -OCH3 is 2. The molecule has 6 aromatic rings. The fraction of sp³-hybridized carbons (Fsp3) is 0.118. The molecule has 0 aliphatic heterocycles. The number of carbonyl (C=O) groups is 2. The Morgan fingerprint density at radius 3 is 1.67 bits per heavy atom. The summed E-state index contributed by atoms with van der Waals surface area (Å²) < 4.78 is 13.5. The summed E-state index contributed by atoms with van der Waals surface area (Å²) in [5.41, 5.74) is 11.5. The number of esters is 2. The number of benzene rings is 4. The van der Waals surface area contributed by atoms with Crippen LogP contribution in [-0.2, 0) is 42.0 Å². The van der Waals surface area contributed by atoms with Gasteiger partial charge in [-0.25, -0.2) is 9.59 Å². The largest absolute Gasteiger partial charge is 0.465 e. The molecular formula is C34H30N4O6Zn. The van der Waals surface area contributed by atoms with Crippen LogP contribution < -0.4 is 5.73 Å². The SMILES string of the molecule is COC(=O)c1ccc2ccn(Cc3cccc(N)c3)c2c1.COC(=O)c1ccc2ccn(Cc3cccc([N+](=O)[O-])c3)c2c1.[Zn]. The van der Waals surface area contributed by atoms with Gasteiger partial charge in [0.25, 0.3) is 5.69 Å². The molecule has 0 unspecified atom stereocenters. The van der Waals surface area contributed by atoms with Gasteiger partial charge in [0.15, 0.2) is 0 Å². The van der Waals surface area contributed by atoms with Crippen LogP contribution in [0.3, 0.4) is 0 Å². The number of nitro benzene ring substituents is 1. The van der Waals surface area contributed by atoms with E-state index in [0.717, 1.165) is 38.6 Å². The van der Waals surface area contributed by atoms with Crippen LogP contribution in [0.1, 0.15) is 31.8 Å². The molecule has 0 aliphatic rings. The Kier molecular flexibility index (Phi) is 10.5. The van der Waals surface area contributed by atoms with Gasteiger partial charge in [-0.2, -0.15) is 0 Å². The molecule has 6 rings (SSSR count). The zero-order valence-electron chi connectivity index (χ0n) is 24.9. The number of non-ortho nitro benzene ring substituents is 1. The van der Waals surface area contributed by atoms with Gasteiger partial charge >= 0.3 is 11.9 Å². The van der Waals surface area contributed by atoms with Crippen LogP contribution >= 0.6 is 0 Å². The number of hydrogen-bond donors (Lipinski definition) is 1. The number of aromatic nitrogens is 2. The van der Waals surface area contributed by atoms with Crippen LogP contribution in [0.15, 0.2) is 109 Å². The second-order valence-electron chi connectivity index (χ2n) is 10.1. The van der Waals surface area contributed by atoms with E-state index in [2.05, 4.69) is 4.57 Å². The van der Waals surface area contributed by atoms with Crippen molar-refractivity contribution in [2.45, 2.75) is 13.1 Å². The van der Waals surface area contributed by atoms with Gasteiger partial charge in [0.2, 0.25) is 0 Å². The van der Waals surface area contributed by atoms with E-state index in [4.69, 9.17) is 15.2 Å². The molecule has 0 bridgehead atoms. The molecular weight excluding hydrogens is 626 g/mol. The van der Waals surface area contributed by atoms with Gasteiger partial charge in [-0.05, 0) is 70.4 Å². The van der Waals surface area contributed by atoms with Gasteiger partial charge in [-0.3, -0.25) is 10.1 Å². The molecule has 0 saturated carbocycles. The number of nitrogens with zero attached hydrogens (tertiary/aromatic N) is 3. The Morgan fingerprint density at radius 1 is 0.711 bits per heavy atom. The normalized spacial score (nSPS) is 10.4. The van der Waals surface area contributed by atoms with Crippen molar-refractivity contribution in [2.75, 3.05) is 20.0 Å². The Hall–Kier alpha value is -5.28.